The molecule has 0 radical (unpaired) electrons. The Bertz CT molecular complexity index is 518. The lowest BCUT2D eigenvalue weighted by Crippen LogP contribution is -2.20. The lowest BCUT2D eigenvalue weighted by Gasteiger charge is -2.14. The maximum Gasteiger partial charge on any atom is 0.225 e. The lowest BCUT2D eigenvalue weighted by atomic mass is 10.2. The summed E-state index contributed by atoms with van der Waals surface area (Å²) < 4.78 is 0. The summed E-state index contributed by atoms with van der Waals surface area (Å²) in [5.41, 5.74) is 2.42. The second-order valence-corrected chi connectivity index (χ2v) is 5.17. The smallest absolute Gasteiger partial charge is 0.225 e. The number of hydrogen-bond acceptors (Lipinski definition) is 4. The molecule has 104 valence electrons. The third-order valence-corrected chi connectivity index (χ3v) is 3.58. The molecule has 0 spiro atoms. The van der Waals surface area contributed by atoms with E-state index in [0.717, 1.165) is 37.7 Å². The van der Waals surface area contributed by atoms with Crippen molar-refractivity contribution in [3.63, 3.8) is 0 Å². The molecule has 20 heavy (non-hydrogen) atoms. The van der Waals surface area contributed by atoms with E-state index in [1.54, 1.807) is 0 Å². The van der Waals surface area contributed by atoms with Crippen LogP contribution in [-0.2, 0) is 13.1 Å². The number of nitrogens with zero attached hydrogens (tertiary/aromatic N) is 3. The molecule has 0 amide bonds. The first-order valence-electron chi connectivity index (χ1n) is 7.22. The molecule has 3 rings (SSSR count). The van der Waals surface area contributed by atoms with Gasteiger partial charge in [0.15, 0.2) is 0 Å². The van der Waals surface area contributed by atoms with E-state index >= 15 is 0 Å². The summed E-state index contributed by atoms with van der Waals surface area (Å²) in [6.45, 7) is 3.85. The summed E-state index contributed by atoms with van der Waals surface area (Å²) in [6.07, 6.45) is 6.37. The van der Waals surface area contributed by atoms with Crippen LogP contribution in [-0.4, -0.2) is 23.1 Å². The number of hydrogen-bond donors (Lipinski definition) is 1. The van der Waals surface area contributed by atoms with Gasteiger partial charge in [-0.15, -0.1) is 0 Å². The Morgan fingerprint density at radius 3 is 2.25 bits per heavy atom. The quantitative estimate of drug-likeness (QED) is 0.904. The minimum atomic E-state index is 0.801. The minimum absolute atomic E-state index is 0.801. The summed E-state index contributed by atoms with van der Waals surface area (Å²) in [4.78, 5) is 11.2. The Balaban J connectivity index is 1.50. The van der Waals surface area contributed by atoms with Gasteiger partial charge in [0.25, 0.3) is 0 Å². The van der Waals surface area contributed by atoms with Gasteiger partial charge in [-0.05, 0) is 18.4 Å². The van der Waals surface area contributed by atoms with Gasteiger partial charge >= 0.3 is 0 Å². The maximum absolute atomic E-state index is 4.46. The van der Waals surface area contributed by atoms with Crippen LogP contribution in [0.15, 0.2) is 42.7 Å². The molecule has 1 aliphatic heterocycles. The molecule has 4 nitrogen and oxygen atoms in total. The van der Waals surface area contributed by atoms with Crippen LogP contribution in [0.25, 0.3) is 0 Å². The molecule has 4 heteroatoms. The van der Waals surface area contributed by atoms with E-state index in [0.29, 0.717) is 0 Å². The van der Waals surface area contributed by atoms with Crippen LogP contribution in [0.4, 0.5) is 5.95 Å². The zero-order chi connectivity index (χ0) is 13.6. The van der Waals surface area contributed by atoms with Crippen LogP contribution >= 0.6 is 0 Å². The zero-order valence-corrected chi connectivity index (χ0v) is 11.6. The van der Waals surface area contributed by atoms with Crippen molar-refractivity contribution in [2.45, 2.75) is 25.9 Å². The highest BCUT2D eigenvalue weighted by Crippen LogP contribution is 2.14. The predicted octanol–water partition coefficient (Wildman–Crippen LogP) is 2.37. The van der Waals surface area contributed by atoms with Gasteiger partial charge in [-0.1, -0.05) is 30.3 Å². The first-order chi connectivity index (χ1) is 9.92. The van der Waals surface area contributed by atoms with Gasteiger partial charge in [0.05, 0.1) is 0 Å². The van der Waals surface area contributed by atoms with Gasteiger partial charge in [-0.25, -0.2) is 9.97 Å². The lowest BCUT2D eigenvalue weighted by molar-refractivity contribution is 0.688. The fourth-order valence-corrected chi connectivity index (χ4v) is 2.47. The molecular weight excluding hydrogens is 248 g/mol. The highest BCUT2D eigenvalue weighted by atomic mass is 15.3. The molecule has 0 atom stereocenters. The average Bonchev–Trinajstić information content (AvgIpc) is 3.03. The van der Waals surface area contributed by atoms with E-state index < -0.39 is 0 Å². The highest BCUT2D eigenvalue weighted by Gasteiger charge is 2.14. The van der Waals surface area contributed by atoms with Crippen molar-refractivity contribution in [2.24, 2.45) is 0 Å². The molecule has 1 aliphatic rings. The summed E-state index contributed by atoms with van der Waals surface area (Å²) >= 11 is 0. The SMILES string of the molecule is c1ccc(CNCc2cnc(N3CCCC3)nc2)cc1. The van der Waals surface area contributed by atoms with Crippen molar-refractivity contribution >= 4 is 5.95 Å². The van der Waals surface area contributed by atoms with Gasteiger partial charge in [0, 0.05) is 44.1 Å². The topological polar surface area (TPSA) is 41.1 Å². The Hall–Kier alpha value is -1.94. The van der Waals surface area contributed by atoms with Crippen LogP contribution in [0.3, 0.4) is 0 Å². The fourth-order valence-electron chi connectivity index (χ4n) is 2.47. The van der Waals surface area contributed by atoms with Crippen molar-refractivity contribution in [1.82, 2.24) is 15.3 Å². The Morgan fingerprint density at radius 2 is 1.55 bits per heavy atom. The first kappa shape index (κ1) is 13.1. The third-order valence-electron chi connectivity index (χ3n) is 3.58. The number of rotatable bonds is 5. The Kier molecular flexibility index (Phi) is 4.23. The van der Waals surface area contributed by atoms with E-state index in [1.807, 2.05) is 18.5 Å². The monoisotopic (exact) mass is 268 g/mol. The zero-order valence-electron chi connectivity index (χ0n) is 11.6. The van der Waals surface area contributed by atoms with Crippen molar-refractivity contribution in [2.75, 3.05) is 18.0 Å². The first-order valence-corrected chi connectivity index (χ1v) is 7.22. The third kappa shape index (κ3) is 3.33. The minimum Gasteiger partial charge on any atom is -0.341 e. The molecule has 1 saturated heterocycles. The Labute approximate surface area is 119 Å². The average molecular weight is 268 g/mol. The normalized spacial score (nSPS) is 14.7. The summed E-state index contributed by atoms with van der Waals surface area (Å²) in [7, 11) is 0. The second kappa shape index (κ2) is 6.48. The fraction of sp³-hybridized carbons (Fsp3) is 0.375. The molecule has 1 fully saturated rings. The molecule has 2 aromatic rings. The molecule has 0 bridgehead atoms. The molecule has 1 aromatic heterocycles. The summed E-state index contributed by atoms with van der Waals surface area (Å²) in [5, 5.41) is 3.41. The van der Waals surface area contributed by atoms with Gasteiger partial charge in [-0.2, -0.15) is 0 Å². The van der Waals surface area contributed by atoms with E-state index in [-0.39, 0.29) is 0 Å². The van der Waals surface area contributed by atoms with Crippen molar-refractivity contribution < 1.29 is 0 Å². The van der Waals surface area contributed by atoms with Crippen LogP contribution in [0, 0.1) is 0 Å². The van der Waals surface area contributed by atoms with Gasteiger partial charge in [-0.3, -0.25) is 0 Å². The van der Waals surface area contributed by atoms with Gasteiger partial charge in [0.2, 0.25) is 5.95 Å². The second-order valence-electron chi connectivity index (χ2n) is 5.17. The molecular formula is C16H20N4. The molecule has 1 N–H and O–H groups in total. The molecule has 0 unspecified atom stereocenters. The van der Waals surface area contributed by atoms with Crippen molar-refractivity contribution in [1.29, 1.82) is 0 Å². The number of benzene rings is 1. The van der Waals surface area contributed by atoms with Crippen molar-refractivity contribution in [3.05, 3.63) is 53.9 Å². The van der Waals surface area contributed by atoms with E-state index in [4.69, 9.17) is 0 Å². The highest BCUT2D eigenvalue weighted by molar-refractivity contribution is 5.30. The summed E-state index contributed by atoms with van der Waals surface area (Å²) in [5.74, 6) is 0.870. The molecule has 1 aromatic carbocycles. The van der Waals surface area contributed by atoms with Crippen LogP contribution < -0.4 is 10.2 Å². The van der Waals surface area contributed by atoms with Gasteiger partial charge in [0.1, 0.15) is 0 Å². The van der Waals surface area contributed by atoms with Crippen LogP contribution in [0.2, 0.25) is 0 Å². The van der Waals surface area contributed by atoms with Crippen LogP contribution in [0.5, 0.6) is 0 Å². The van der Waals surface area contributed by atoms with E-state index in [9.17, 15) is 0 Å². The van der Waals surface area contributed by atoms with Crippen LogP contribution in [0.1, 0.15) is 24.0 Å². The molecule has 0 saturated carbocycles. The van der Waals surface area contributed by atoms with E-state index in [1.165, 1.54) is 18.4 Å². The van der Waals surface area contributed by atoms with Gasteiger partial charge < -0.3 is 10.2 Å². The molecule has 2 heterocycles. The number of aromatic nitrogens is 2. The Morgan fingerprint density at radius 1 is 0.900 bits per heavy atom. The van der Waals surface area contributed by atoms with Crippen molar-refractivity contribution in [3.8, 4) is 0 Å². The summed E-state index contributed by atoms with van der Waals surface area (Å²) in [6, 6.07) is 10.4. The largest absolute Gasteiger partial charge is 0.341 e. The molecule has 0 aliphatic carbocycles. The number of nitrogens with one attached hydrogen (secondary N) is 1. The predicted molar refractivity (Wildman–Crippen MR) is 80.5 cm³/mol. The van der Waals surface area contributed by atoms with E-state index in [2.05, 4.69) is 44.5 Å². The standard InChI is InChI=1S/C16H20N4/c1-2-6-14(7-3-1)10-17-11-15-12-18-16(19-13-15)20-8-4-5-9-20/h1-3,6-7,12-13,17H,4-5,8-11H2. The maximum atomic E-state index is 4.46. The number of anilines is 1.